The van der Waals surface area contributed by atoms with E-state index in [1.54, 1.807) is 30.3 Å². The summed E-state index contributed by atoms with van der Waals surface area (Å²) < 4.78 is 4.95. The van der Waals surface area contributed by atoms with Crippen molar-refractivity contribution in [1.82, 2.24) is 5.32 Å². The van der Waals surface area contributed by atoms with E-state index in [2.05, 4.69) is 12.2 Å². The molecule has 0 aromatic heterocycles. The minimum atomic E-state index is -0.535. The zero-order valence-corrected chi connectivity index (χ0v) is 14.0. The molecule has 0 spiro atoms. The van der Waals surface area contributed by atoms with Crippen LogP contribution in [0.1, 0.15) is 38.2 Å². The molecule has 2 rings (SSSR count). The summed E-state index contributed by atoms with van der Waals surface area (Å²) in [5, 5.41) is 3.56. The van der Waals surface area contributed by atoms with Crippen LogP contribution in [0.25, 0.3) is 6.08 Å². The molecular formula is C18H22ClNO3. The highest BCUT2D eigenvalue weighted by molar-refractivity contribution is 6.30. The molecular weight excluding hydrogens is 314 g/mol. The number of hydrogen-bond acceptors (Lipinski definition) is 3. The van der Waals surface area contributed by atoms with E-state index in [-0.39, 0.29) is 18.6 Å². The first-order valence-electron chi connectivity index (χ1n) is 7.92. The molecule has 124 valence electrons. The number of nitrogens with one attached hydrogen (secondary N) is 1. The molecule has 0 atom stereocenters. The molecule has 1 amide bonds. The number of ether oxygens (including phenoxy) is 1. The molecule has 0 saturated heterocycles. The van der Waals surface area contributed by atoms with E-state index in [1.165, 1.54) is 6.08 Å². The molecule has 5 heteroatoms. The molecule has 1 aromatic carbocycles. The van der Waals surface area contributed by atoms with Crippen molar-refractivity contribution in [1.29, 1.82) is 0 Å². The highest BCUT2D eigenvalue weighted by atomic mass is 35.5. The number of hydrogen-bond donors (Lipinski definition) is 1. The Kier molecular flexibility index (Phi) is 6.66. The Morgan fingerprint density at radius 2 is 1.87 bits per heavy atom. The number of esters is 1. The number of rotatable bonds is 5. The van der Waals surface area contributed by atoms with Crippen LogP contribution < -0.4 is 5.32 Å². The van der Waals surface area contributed by atoms with E-state index in [0.717, 1.165) is 37.2 Å². The molecule has 0 radical (unpaired) electrons. The third-order valence-corrected chi connectivity index (χ3v) is 4.26. The van der Waals surface area contributed by atoms with Gasteiger partial charge in [0, 0.05) is 17.1 Å². The van der Waals surface area contributed by atoms with Crippen molar-refractivity contribution >= 4 is 29.6 Å². The second-order valence-corrected chi connectivity index (χ2v) is 6.45. The molecule has 1 aliphatic carbocycles. The quantitative estimate of drug-likeness (QED) is 0.661. The van der Waals surface area contributed by atoms with Crippen LogP contribution in [0.2, 0.25) is 5.02 Å². The average molecular weight is 336 g/mol. The first-order chi connectivity index (χ1) is 11.0. The number of amides is 1. The zero-order valence-electron chi connectivity index (χ0n) is 13.3. The van der Waals surface area contributed by atoms with Crippen LogP contribution >= 0.6 is 11.6 Å². The summed E-state index contributed by atoms with van der Waals surface area (Å²) in [7, 11) is 0. The molecule has 0 heterocycles. The summed E-state index contributed by atoms with van der Waals surface area (Å²) in [6, 6.07) is 7.28. The van der Waals surface area contributed by atoms with Gasteiger partial charge in [0.05, 0.1) is 0 Å². The standard InChI is InChI=1S/C18H22ClNO3/c1-13-2-9-16(10-3-13)20-17(21)12-23-18(22)11-6-14-4-7-15(19)8-5-14/h4-8,11,13,16H,2-3,9-10,12H2,1H3,(H,20,21)/b11-6+. The summed E-state index contributed by atoms with van der Waals surface area (Å²) >= 11 is 5.79. The largest absolute Gasteiger partial charge is 0.452 e. The smallest absolute Gasteiger partial charge is 0.331 e. The fourth-order valence-corrected chi connectivity index (χ4v) is 2.72. The highest BCUT2D eigenvalue weighted by Crippen LogP contribution is 2.23. The lowest BCUT2D eigenvalue weighted by Gasteiger charge is -2.26. The van der Waals surface area contributed by atoms with Gasteiger partial charge in [0.1, 0.15) is 0 Å². The van der Waals surface area contributed by atoms with Crippen LogP contribution in [0, 0.1) is 5.92 Å². The Morgan fingerprint density at radius 1 is 1.22 bits per heavy atom. The van der Waals surface area contributed by atoms with Crippen molar-refractivity contribution in [2.24, 2.45) is 5.92 Å². The Bertz CT molecular complexity index is 560. The maximum atomic E-state index is 11.8. The average Bonchev–Trinajstić information content (AvgIpc) is 2.54. The monoisotopic (exact) mass is 335 g/mol. The van der Waals surface area contributed by atoms with Crippen LogP contribution in [-0.2, 0) is 14.3 Å². The fourth-order valence-electron chi connectivity index (χ4n) is 2.60. The van der Waals surface area contributed by atoms with Crippen molar-refractivity contribution in [2.45, 2.75) is 38.6 Å². The topological polar surface area (TPSA) is 55.4 Å². The lowest BCUT2D eigenvalue weighted by Crippen LogP contribution is -2.39. The lowest BCUT2D eigenvalue weighted by molar-refractivity contribution is -0.144. The van der Waals surface area contributed by atoms with Crippen LogP contribution in [-0.4, -0.2) is 24.5 Å². The van der Waals surface area contributed by atoms with E-state index < -0.39 is 5.97 Å². The van der Waals surface area contributed by atoms with Gasteiger partial charge in [-0.25, -0.2) is 4.79 Å². The van der Waals surface area contributed by atoms with Gasteiger partial charge >= 0.3 is 5.97 Å². The van der Waals surface area contributed by atoms with Crippen LogP contribution in [0.5, 0.6) is 0 Å². The molecule has 0 aliphatic heterocycles. The molecule has 23 heavy (non-hydrogen) atoms. The van der Waals surface area contributed by atoms with Gasteiger partial charge in [0.2, 0.25) is 0 Å². The van der Waals surface area contributed by atoms with E-state index in [1.807, 2.05) is 0 Å². The summed E-state index contributed by atoms with van der Waals surface area (Å²) in [5.74, 6) is -0.0378. The maximum Gasteiger partial charge on any atom is 0.331 e. The predicted molar refractivity (Wildman–Crippen MR) is 91.0 cm³/mol. The van der Waals surface area contributed by atoms with Gasteiger partial charge in [-0.1, -0.05) is 30.7 Å². The second-order valence-electron chi connectivity index (χ2n) is 6.02. The van der Waals surface area contributed by atoms with E-state index >= 15 is 0 Å². The predicted octanol–water partition coefficient (Wildman–Crippen LogP) is 3.59. The van der Waals surface area contributed by atoms with Crippen molar-refractivity contribution in [3.05, 3.63) is 40.9 Å². The summed E-state index contributed by atoms with van der Waals surface area (Å²) in [6.45, 7) is 1.99. The normalized spacial score (nSPS) is 21.1. The fraction of sp³-hybridized carbons (Fsp3) is 0.444. The van der Waals surface area contributed by atoms with Gasteiger partial charge < -0.3 is 10.1 Å². The van der Waals surface area contributed by atoms with Crippen molar-refractivity contribution in [3.63, 3.8) is 0 Å². The Hall–Kier alpha value is -1.81. The minimum absolute atomic E-state index is 0.210. The number of carbonyl (C=O) groups excluding carboxylic acids is 2. The molecule has 4 nitrogen and oxygen atoms in total. The molecule has 1 saturated carbocycles. The summed E-state index contributed by atoms with van der Waals surface area (Å²) in [5.41, 5.74) is 0.840. The van der Waals surface area contributed by atoms with Crippen molar-refractivity contribution in [2.75, 3.05) is 6.61 Å². The molecule has 1 N–H and O–H groups in total. The molecule has 0 bridgehead atoms. The summed E-state index contributed by atoms with van der Waals surface area (Å²) in [6.07, 6.45) is 7.19. The number of carbonyl (C=O) groups is 2. The van der Waals surface area contributed by atoms with Crippen LogP contribution in [0.3, 0.4) is 0 Å². The lowest BCUT2D eigenvalue weighted by atomic mass is 9.87. The van der Waals surface area contributed by atoms with Crippen molar-refractivity contribution < 1.29 is 14.3 Å². The van der Waals surface area contributed by atoms with Crippen LogP contribution in [0.4, 0.5) is 0 Å². The van der Waals surface area contributed by atoms with Crippen LogP contribution in [0.15, 0.2) is 30.3 Å². The van der Waals surface area contributed by atoms with E-state index in [4.69, 9.17) is 16.3 Å². The Balaban J connectivity index is 1.69. The highest BCUT2D eigenvalue weighted by Gasteiger charge is 2.19. The summed E-state index contributed by atoms with van der Waals surface area (Å²) in [4.78, 5) is 23.4. The SMILES string of the molecule is CC1CCC(NC(=O)COC(=O)/C=C/c2ccc(Cl)cc2)CC1. The number of halogens is 1. The van der Waals surface area contributed by atoms with Crippen molar-refractivity contribution in [3.8, 4) is 0 Å². The Morgan fingerprint density at radius 3 is 2.52 bits per heavy atom. The third-order valence-electron chi connectivity index (χ3n) is 4.01. The van der Waals surface area contributed by atoms with Gasteiger partial charge in [-0.05, 0) is 55.4 Å². The number of benzene rings is 1. The molecule has 1 aromatic rings. The van der Waals surface area contributed by atoms with Gasteiger partial charge in [-0.3, -0.25) is 4.79 Å². The molecule has 1 aliphatic rings. The van der Waals surface area contributed by atoms with Gasteiger partial charge in [-0.2, -0.15) is 0 Å². The zero-order chi connectivity index (χ0) is 16.7. The first-order valence-corrected chi connectivity index (χ1v) is 8.30. The maximum absolute atomic E-state index is 11.8. The van der Waals surface area contributed by atoms with E-state index in [9.17, 15) is 9.59 Å². The van der Waals surface area contributed by atoms with Gasteiger partial charge in [0.25, 0.3) is 5.91 Å². The second kappa shape index (κ2) is 8.73. The first kappa shape index (κ1) is 17.5. The molecule has 1 fully saturated rings. The Labute approximate surface area is 141 Å². The third kappa shape index (κ3) is 6.45. The molecule has 0 unspecified atom stereocenters. The van der Waals surface area contributed by atoms with Gasteiger partial charge in [0.15, 0.2) is 6.61 Å². The minimum Gasteiger partial charge on any atom is -0.452 e. The van der Waals surface area contributed by atoms with E-state index in [0.29, 0.717) is 5.02 Å². The van der Waals surface area contributed by atoms with Gasteiger partial charge in [-0.15, -0.1) is 0 Å².